The van der Waals surface area contributed by atoms with Gasteiger partial charge >= 0.3 is 10.6 Å². The van der Waals surface area contributed by atoms with Crippen molar-refractivity contribution in [3.8, 4) is 0 Å². The quantitative estimate of drug-likeness (QED) is 0.491. The summed E-state index contributed by atoms with van der Waals surface area (Å²) in [6, 6.07) is 7.55. The molecule has 1 atom stereocenters. The number of nitrogens with zero attached hydrogens (tertiary/aromatic N) is 2. The molecular weight excluding hydrogens is 408 g/mol. The van der Waals surface area contributed by atoms with E-state index in [0.29, 0.717) is 17.2 Å². The van der Waals surface area contributed by atoms with Gasteiger partial charge in [0.05, 0.1) is 16.4 Å². The van der Waals surface area contributed by atoms with E-state index in [1.165, 1.54) is 11.6 Å². The molecule has 25 heavy (non-hydrogen) atoms. The van der Waals surface area contributed by atoms with Crippen molar-refractivity contribution >= 4 is 38.9 Å². The van der Waals surface area contributed by atoms with Gasteiger partial charge in [0.2, 0.25) is 0 Å². The summed E-state index contributed by atoms with van der Waals surface area (Å²) in [7, 11) is 3.05. The fraction of sp³-hybridized carbons (Fsp3) is 0.188. The van der Waals surface area contributed by atoms with Crippen LogP contribution >= 0.6 is 27.3 Å². The molecule has 1 unspecified atom stereocenters. The number of hydrogen-bond donors (Lipinski definition) is 2. The van der Waals surface area contributed by atoms with Crippen LogP contribution in [-0.4, -0.2) is 14.1 Å². The molecular formula is C16H13BrN4O3S. The first-order valence-corrected chi connectivity index (χ1v) is 9.05. The third-order valence-electron chi connectivity index (χ3n) is 4.39. The summed E-state index contributed by atoms with van der Waals surface area (Å²) in [6.45, 7) is 0. The van der Waals surface area contributed by atoms with Crippen molar-refractivity contribution in [3.05, 3.63) is 75.2 Å². The number of aromatic amines is 1. The molecule has 0 aliphatic carbocycles. The van der Waals surface area contributed by atoms with E-state index in [4.69, 9.17) is 0 Å². The van der Waals surface area contributed by atoms with Crippen LogP contribution in [0.2, 0.25) is 0 Å². The van der Waals surface area contributed by atoms with E-state index in [2.05, 4.69) is 26.2 Å². The molecule has 7 nitrogen and oxygen atoms in total. The van der Waals surface area contributed by atoms with E-state index in [1.807, 2.05) is 24.3 Å². The van der Waals surface area contributed by atoms with Gasteiger partial charge in [-0.25, -0.2) is 4.79 Å². The van der Waals surface area contributed by atoms with Crippen LogP contribution in [0.4, 0.5) is 11.6 Å². The minimum Gasteiger partial charge on any atom is -0.326 e. The van der Waals surface area contributed by atoms with Crippen molar-refractivity contribution in [3.63, 3.8) is 0 Å². The van der Waals surface area contributed by atoms with Crippen molar-refractivity contribution in [2.45, 2.75) is 5.92 Å². The average Bonchev–Trinajstić information content (AvgIpc) is 2.97. The van der Waals surface area contributed by atoms with Gasteiger partial charge in [0, 0.05) is 18.6 Å². The fourth-order valence-corrected chi connectivity index (χ4v) is 4.61. The Hall–Kier alpha value is -2.39. The SMILES string of the molecule is Cn1c2c(c(=O)n(C)c1=O)C(c1ccccc1Br)c1sc(=O)[nH]c1N2. The topological polar surface area (TPSA) is 88.9 Å². The number of halogens is 1. The molecule has 0 bridgehead atoms. The zero-order chi connectivity index (χ0) is 17.9. The summed E-state index contributed by atoms with van der Waals surface area (Å²) < 4.78 is 3.31. The van der Waals surface area contributed by atoms with Crippen molar-refractivity contribution < 1.29 is 0 Å². The van der Waals surface area contributed by atoms with E-state index in [0.717, 1.165) is 30.8 Å². The number of H-pyrrole nitrogens is 1. The number of rotatable bonds is 1. The minimum absolute atomic E-state index is 0.218. The van der Waals surface area contributed by atoms with Crippen molar-refractivity contribution in [1.29, 1.82) is 0 Å². The van der Waals surface area contributed by atoms with Crippen LogP contribution in [0.3, 0.4) is 0 Å². The number of anilines is 2. The zero-order valence-electron chi connectivity index (χ0n) is 13.3. The lowest BCUT2D eigenvalue weighted by Crippen LogP contribution is -2.42. The molecule has 0 spiro atoms. The van der Waals surface area contributed by atoms with Gasteiger partial charge in [-0.3, -0.25) is 23.7 Å². The molecule has 4 rings (SSSR count). The molecule has 1 aliphatic heterocycles. The Morgan fingerprint density at radius 3 is 2.56 bits per heavy atom. The Balaban J connectivity index is 2.16. The number of fused-ring (bicyclic) bond motifs is 2. The van der Waals surface area contributed by atoms with Gasteiger partial charge in [0.1, 0.15) is 11.6 Å². The van der Waals surface area contributed by atoms with E-state index in [1.54, 1.807) is 7.05 Å². The first-order chi connectivity index (χ1) is 11.9. The lowest BCUT2D eigenvalue weighted by Gasteiger charge is -2.28. The third-order valence-corrected chi connectivity index (χ3v) is 6.06. The number of aromatic nitrogens is 3. The van der Waals surface area contributed by atoms with Gasteiger partial charge in [-0.2, -0.15) is 0 Å². The van der Waals surface area contributed by atoms with Gasteiger partial charge in [-0.15, -0.1) is 0 Å². The fourth-order valence-electron chi connectivity index (χ4n) is 3.17. The molecule has 2 N–H and O–H groups in total. The van der Waals surface area contributed by atoms with Crippen molar-refractivity contribution in [2.75, 3.05) is 5.32 Å². The van der Waals surface area contributed by atoms with Crippen LogP contribution in [0.25, 0.3) is 0 Å². The standard InChI is InChI=1S/C16H13BrN4O3S/c1-20-13-10(14(22)21(2)16(20)24)9(7-5-3-4-6-8(7)17)11-12(18-13)19-15(23)25-11/h3-6,9,18H,1-2H3,(H,19,23). The average molecular weight is 421 g/mol. The number of thiazole rings is 1. The summed E-state index contributed by atoms with van der Waals surface area (Å²) in [6.07, 6.45) is 0. The molecule has 3 heterocycles. The first kappa shape index (κ1) is 16.1. The molecule has 9 heteroatoms. The molecule has 2 aromatic heterocycles. The van der Waals surface area contributed by atoms with Crippen LogP contribution in [0.15, 0.2) is 43.1 Å². The Labute approximate surface area is 153 Å². The molecule has 0 saturated carbocycles. The van der Waals surface area contributed by atoms with E-state index < -0.39 is 11.6 Å². The first-order valence-electron chi connectivity index (χ1n) is 7.44. The third kappa shape index (κ3) is 2.26. The highest BCUT2D eigenvalue weighted by molar-refractivity contribution is 9.10. The molecule has 0 radical (unpaired) electrons. The molecule has 0 saturated heterocycles. The minimum atomic E-state index is -0.448. The second-order valence-electron chi connectivity index (χ2n) is 5.80. The van der Waals surface area contributed by atoms with Crippen molar-refractivity contribution in [2.24, 2.45) is 14.1 Å². The van der Waals surface area contributed by atoms with Gasteiger partial charge in [-0.1, -0.05) is 45.5 Å². The molecule has 1 aromatic carbocycles. The molecule has 0 amide bonds. The van der Waals surface area contributed by atoms with E-state index in [9.17, 15) is 14.4 Å². The van der Waals surface area contributed by atoms with Crippen LogP contribution in [-0.2, 0) is 14.1 Å². The van der Waals surface area contributed by atoms with Crippen LogP contribution in [0.5, 0.6) is 0 Å². The van der Waals surface area contributed by atoms with Gasteiger partial charge in [0.25, 0.3) is 5.56 Å². The second kappa shape index (κ2) is 5.57. The van der Waals surface area contributed by atoms with Crippen LogP contribution in [0, 0.1) is 0 Å². The summed E-state index contributed by atoms with van der Waals surface area (Å²) in [5.41, 5.74) is 0.498. The van der Waals surface area contributed by atoms with Gasteiger partial charge in [0.15, 0.2) is 0 Å². The maximum atomic E-state index is 12.9. The smallest absolute Gasteiger partial charge is 0.326 e. The Morgan fingerprint density at radius 1 is 1.12 bits per heavy atom. The molecule has 128 valence electrons. The lowest BCUT2D eigenvalue weighted by atomic mass is 9.88. The monoisotopic (exact) mass is 420 g/mol. The molecule has 1 aliphatic rings. The van der Waals surface area contributed by atoms with Crippen molar-refractivity contribution in [1.82, 2.24) is 14.1 Å². The maximum Gasteiger partial charge on any atom is 0.332 e. The highest BCUT2D eigenvalue weighted by Gasteiger charge is 2.35. The highest BCUT2D eigenvalue weighted by atomic mass is 79.9. The summed E-state index contributed by atoms with van der Waals surface area (Å²) in [5, 5.41) is 3.05. The van der Waals surface area contributed by atoms with E-state index in [-0.39, 0.29) is 10.4 Å². The molecule has 3 aromatic rings. The number of benzene rings is 1. The predicted octanol–water partition coefficient (Wildman–Crippen LogP) is 1.83. The zero-order valence-corrected chi connectivity index (χ0v) is 15.7. The summed E-state index contributed by atoms with van der Waals surface area (Å²) in [5.74, 6) is 0.471. The lowest BCUT2D eigenvalue weighted by molar-refractivity contribution is 0.668. The van der Waals surface area contributed by atoms with Crippen LogP contribution in [0.1, 0.15) is 21.9 Å². The molecule has 0 fully saturated rings. The summed E-state index contributed by atoms with van der Waals surface area (Å²) in [4.78, 5) is 40.4. The largest absolute Gasteiger partial charge is 0.332 e. The Bertz CT molecular complexity index is 1190. The normalized spacial score (nSPS) is 15.4. The number of nitrogens with one attached hydrogen (secondary N) is 2. The summed E-state index contributed by atoms with van der Waals surface area (Å²) >= 11 is 4.60. The maximum absolute atomic E-state index is 12.9. The van der Waals surface area contributed by atoms with Gasteiger partial charge < -0.3 is 5.32 Å². The van der Waals surface area contributed by atoms with Gasteiger partial charge in [-0.05, 0) is 11.6 Å². The number of hydrogen-bond acceptors (Lipinski definition) is 5. The Kier molecular flexibility index (Phi) is 3.58. The predicted molar refractivity (Wildman–Crippen MR) is 100 cm³/mol. The van der Waals surface area contributed by atoms with E-state index >= 15 is 0 Å². The highest BCUT2D eigenvalue weighted by Crippen LogP contribution is 2.44. The van der Waals surface area contributed by atoms with Crippen LogP contribution < -0.4 is 21.4 Å². The Morgan fingerprint density at radius 2 is 1.84 bits per heavy atom. The second-order valence-corrected chi connectivity index (χ2v) is 7.67.